The number of quaternary nitrogens is 1. The summed E-state index contributed by atoms with van der Waals surface area (Å²) in [5, 5.41) is 1.90. The van der Waals surface area contributed by atoms with Crippen molar-refractivity contribution in [3.05, 3.63) is 0 Å². The summed E-state index contributed by atoms with van der Waals surface area (Å²) in [6.45, 7) is 4.13. The molecule has 0 heterocycles. The highest BCUT2D eigenvalue weighted by molar-refractivity contribution is 5.74. The van der Waals surface area contributed by atoms with Crippen LogP contribution in [0, 0.1) is 5.92 Å². The number of nitrogens with two attached hydrogens (primary N) is 1. The molecule has 2 atom stereocenters. The van der Waals surface area contributed by atoms with Crippen LogP contribution in [0.1, 0.15) is 20.3 Å². The normalized spacial score (nSPS) is 15.6. The number of ether oxygens (including phenoxy) is 1. The van der Waals surface area contributed by atoms with E-state index in [1.807, 2.05) is 12.4 Å². The molecule has 11 heavy (non-hydrogen) atoms. The van der Waals surface area contributed by atoms with E-state index in [2.05, 4.69) is 18.6 Å². The van der Waals surface area contributed by atoms with E-state index in [-0.39, 0.29) is 12.0 Å². The number of carbonyl (C=O) groups excluding carboxylic acids is 1. The van der Waals surface area contributed by atoms with Crippen molar-refractivity contribution in [3.63, 3.8) is 0 Å². The Morgan fingerprint density at radius 2 is 2.18 bits per heavy atom. The molecule has 0 bridgehead atoms. The molecule has 0 radical (unpaired) electrons. The molecule has 66 valence electrons. The molecule has 0 aromatic heterocycles. The topological polar surface area (TPSA) is 42.9 Å². The molecular formula is C8H18NO2+. The molecule has 0 saturated carbocycles. The summed E-state index contributed by atoms with van der Waals surface area (Å²) in [6, 6.07) is -0.0370. The number of esters is 1. The highest BCUT2D eigenvalue weighted by Gasteiger charge is 2.26. The smallest absolute Gasteiger partial charge is 0.364 e. The van der Waals surface area contributed by atoms with Gasteiger partial charge in [0.2, 0.25) is 0 Å². The Balaban J connectivity index is 4.03. The van der Waals surface area contributed by atoms with Gasteiger partial charge in [-0.2, -0.15) is 0 Å². The van der Waals surface area contributed by atoms with Gasteiger partial charge in [0.25, 0.3) is 0 Å². The van der Waals surface area contributed by atoms with Gasteiger partial charge in [-0.3, -0.25) is 0 Å². The minimum Gasteiger partial charge on any atom is -0.465 e. The second kappa shape index (κ2) is 5.13. The summed E-state index contributed by atoms with van der Waals surface area (Å²) < 4.78 is 4.66. The van der Waals surface area contributed by atoms with E-state index in [0.29, 0.717) is 5.92 Å². The number of likely N-dealkylation sites (N-methyl/N-ethyl adjacent to an activating group) is 1. The van der Waals surface area contributed by atoms with Crippen molar-refractivity contribution < 1.29 is 14.8 Å². The van der Waals surface area contributed by atoms with Crippen molar-refractivity contribution in [2.24, 2.45) is 5.92 Å². The molecule has 0 unspecified atom stereocenters. The van der Waals surface area contributed by atoms with Crippen molar-refractivity contribution in [2.45, 2.75) is 26.3 Å². The fourth-order valence-electron chi connectivity index (χ4n) is 1.09. The van der Waals surface area contributed by atoms with Crippen molar-refractivity contribution in [1.82, 2.24) is 0 Å². The molecule has 0 fully saturated rings. The molecule has 0 aromatic carbocycles. The van der Waals surface area contributed by atoms with Crippen LogP contribution in [-0.2, 0) is 9.53 Å². The summed E-state index contributed by atoms with van der Waals surface area (Å²) in [5.74, 6) is 0.259. The quantitative estimate of drug-likeness (QED) is 0.577. The number of carbonyl (C=O) groups is 1. The Bertz CT molecular complexity index is 125. The fraction of sp³-hybridized carbons (Fsp3) is 0.875. The molecule has 3 heteroatoms. The van der Waals surface area contributed by atoms with E-state index in [4.69, 9.17) is 0 Å². The maximum absolute atomic E-state index is 11.1. The molecule has 0 aliphatic carbocycles. The van der Waals surface area contributed by atoms with E-state index < -0.39 is 0 Å². The lowest BCUT2D eigenvalue weighted by Crippen LogP contribution is -2.89. The van der Waals surface area contributed by atoms with Crippen molar-refractivity contribution in [3.8, 4) is 0 Å². The number of methoxy groups -OCH3 is 1. The first-order valence-corrected chi connectivity index (χ1v) is 4.04. The van der Waals surface area contributed by atoms with Crippen LogP contribution in [0.5, 0.6) is 0 Å². The highest BCUT2D eigenvalue weighted by Crippen LogP contribution is 2.04. The van der Waals surface area contributed by atoms with Crippen LogP contribution < -0.4 is 5.32 Å². The zero-order chi connectivity index (χ0) is 8.85. The molecule has 0 spiro atoms. The Labute approximate surface area is 68.1 Å². The first-order chi connectivity index (χ1) is 5.17. The average molecular weight is 160 g/mol. The second-order valence-corrected chi connectivity index (χ2v) is 2.77. The number of hydrogen-bond donors (Lipinski definition) is 1. The van der Waals surface area contributed by atoms with Crippen LogP contribution in [-0.4, -0.2) is 26.2 Å². The van der Waals surface area contributed by atoms with E-state index in [1.54, 1.807) is 0 Å². The van der Waals surface area contributed by atoms with Gasteiger partial charge < -0.3 is 10.1 Å². The van der Waals surface area contributed by atoms with Crippen LogP contribution in [0.15, 0.2) is 0 Å². The fourth-order valence-corrected chi connectivity index (χ4v) is 1.09. The van der Waals surface area contributed by atoms with Gasteiger partial charge in [-0.05, 0) is 6.42 Å². The monoisotopic (exact) mass is 160 g/mol. The molecule has 0 rings (SSSR count). The standard InChI is InChI=1S/C8H17NO2/c1-5-6(2)7(9-3)8(10)11-4/h6-7,9H,5H2,1-4H3/p+1/t6-,7-/m0/s1. The molecule has 0 aliphatic rings. The molecule has 0 amide bonds. The third kappa shape index (κ3) is 2.89. The first-order valence-electron chi connectivity index (χ1n) is 4.04. The van der Waals surface area contributed by atoms with Gasteiger partial charge in [-0.25, -0.2) is 4.79 Å². The molecule has 0 saturated heterocycles. The first kappa shape index (κ1) is 10.4. The van der Waals surface area contributed by atoms with Gasteiger partial charge in [0.1, 0.15) is 0 Å². The van der Waals surface area contributed by atoms with E-state index in [1.165, 1.54) is 7.11 Å². The lowest BCUT2D eigenvalue weighted by atomic mass is 10.00. The minimum atomic E-state index is -0.123. The number of rotatable bonds is 4. The molecule has 2 N–H and O–H groups in total. The third-order valence-corrected chi connectivity index (χ3v) is 2.09. The zero-order valence-corrected chi connectivity index (χ0v) is 7.76. The lowest BCUT2D eigenvalue weighted by Gasteiger charge is -2.15. The average Bonchev–Trinajstić information content (AvgIpc) is 2.05. The van der Waals surface area contributed by atoms with Gasteiger partial charge in [0, 0.05) is 5.92 Å². The van der Waals surface area contributed by atoms with Gasteiger partial charge in [0.05, 0.1) is 14.2 Å². The zero-order valence-electron chi connectivity index (χ0n) is 7.76. The van der Waals surface area contributed by atoms with Crippen LogP contribution in [0.3, 0.4) is 0 Å². The van der Waals surface area contributed by atoms with E-state index >= 15 is 0 Å². The van der Waals surface area contributed by atoms with Crippen LogP contribution >= 0.6 is 0 Å². The van der Waals surface area contributed by atoms with E-state index in [9.17, 15) is 4.79 Å². The number of hydrogen-bond acceptors (Lipinski definition) is 2. The summed E-state index contributed by atoms with van der Waals surface area (Å²) in [6.07, 6.45) is 1.00. The third-order valence-electron chi connectivity index (χ3n) is 2.09. The van der Waals surface area contributed by atoms with Crippen molar-refractivity contribution in [2.75, 3.05) is 14.2 Å². The Hall–Kier alpha value is -0.570. The molecule has 0 aromatic rings. The Kier molecular flexibility index (Phi) is 4.86. The lowest BCUT2D eigenvalue weighted by molar-refractivity contribution is -0.658. The molecule has 0 aliphatic heterocycles. The Morgan fingerprint density at radius 3 is 2.45 bits per heavy atom. The summed E-state index contributed by atoms with van der Waals surface area (Å²) in [5.41, 5.74) is 0. The maximum atomic E-state index is 11.1. The summed E-state index contributed by atoms with van der Waals surface area (Å²) in [7, 11) is 3.33. The largest absolute Gasteiger partial charge is 0.465 e. The predicted octanol–water partition coefficient (Wildman–Crippen LogP) is -0.233. The minimum absolute atomic E-state index is 0.0370. The Morgan fingerprint density at radius 1 is 1.64 bits per heavy atom. The van der Waals surface area contributed by atoms with Crippen molar-refractivity contribution >= 4 is 5.97 Å². The van der Waals surface area contributed by atoms with Gasteiger partial charge >= 0.3 is 5.97 Å². The highest BCUT2D eigenvalue weighted by atomic mass is 16.5. The van der Waals surface area contributed by atoms with Crippen LogP contribution in [0.25, 0.3) is 0 Å². The van der Waals surface area contributed by atoms with E-state index in [0.717, 1.165) is 6.42 Å². The second-order valence-electron chi connectivity index (χ2n) is 2.77. The van der Waals surface area contributed by atoms with Crippen LogP contribution in [0.4, 0.5) is 0 Å². The molecular weight excluding hydrogens is 142 g/mol. The SMILES string of the molecule is CC[C@H](C)[C@H]([NH2+]C)C(=O)OC. The summed E-state index contributed by atoms with van der Waals surface area (Å²) >= 11 is 0. The molecule has 3 nitrogen and oxygen atoms in total. The maximum Gasteiger partial charge on any atom is 0.364 e. The van der Waals surface area contributed by atoms with Gasteiger partial charge in [-0.15, -0.1) is 0 Å². The van der Waals surface area contributed by atoms with Gasteiger partial charge in [0.15, 0.2) is 6.04 Å². The van der Waals surface area contributed by atoms with Crippen LogP contribution in [0.2, 0.25) is 0 Å². The van der Waals surface area contributed by atoms with Gasteiger partial charge in [-0.1, -0.05) is 13.8 Å². The van der Waals surface area contributed by atoms with Crippen molar-refractivity contribution in [1.29, 1.82) is 0 Å². The predicted molar refractivity (Wildman–Crippen MR) is 43.1 cm³/mol. The summed E-state index contributed by atoms with van der Waals surface area (Å²) in [4.78, 5) is 11.1.